The zero-order chi connectivity index (χ0) is 22.7. The van der Waals surface area contributed by atoms with E-state index in [1.165, 1.54) is 26.4 Å². The fraction of sp³-hybridized carbons (Fsp3) is 0.381. The van der Waals surface area contributed by atoms with Crippen molar-refractivity contribution in [3.63, 3.8) is 0 Å². The van der Waals surface area contributed by atoms with E-state index in [-0.39, 0.29) is 15.5 Å². The summed E-state index contributed by atoms with van der Waals surface area (Å²) in [6, 6.07) is 11.3. The molecule has 0 amide bonds. The Labute approximate surface area is 185 Å². The molecule has 0 heterocycles. The zero-order valence-corrected chi connectivity index (χ0v) is 22.3. The predicted octanol–water partition coefficient (Wildman–Crippen LogP) is 3.32. The Morgan fingerprint density at radius 2 is 1.60 bits per heavy atom. The van der Waals surface area contributed by atoms with Crippen molar-refractivity contribution in [1.82, 2.24) is 0 Å². The summed E-state index contributed by atoms with van der Waals surface area (Å²) in [6.45, 7) is 10.5. The van der Waals surface area contributed by atoms with Crippen LogP contribution in [0.25, 0.3) is 0 Å². The van der Waals surface area contributed by atoms with Gasteiger partial charge in [-0.3, -0.25) is 0 Å². The molecule has 0 fully saturated rings. The molecular weight excluding hydrogens is 483 g/mol. The summed E-state index contributed by atoms with van der Waals surface area (Å²) in [5.41, 5.74) is 0.241. The number of rotatable bonds is 7. The van der Waals surface area contributed by atoms with Crippen LogP contribution in [0.15, 0.2) is 47.4 Å². The molecule has 6 nitrogen and oxygen atoms in total. The average molecular weight is 513 g/mol. The van der Waals surface area contributed by atoms with Crippen molar-refractivity contribution in [3.8, 4) is 11.5 Å². The van der Waals surface area contributed by atoms with Gasteiger partial charge in [0, 0.05) is 0 Å². The molecule has 0 radical (unpaired) electrons. The molecule has 0 aromatic heterocycles. The zero-order valence-electron chi connectivity index (χ0n) is 18.4. The molecule has 0 bridgehead atoms. The van der Waals surface area contributed by atoms with Crippen LogP contribution >= 0.6 is 0 Å². The van der Waals surface area contributed by atoms with Gasteiger partial charge in [0.05, 0.1) is 0 Å². The van der Waals surface area contributed by atoms with E-state index in [1.54, 1.807) is 30.3 Å². The number of ether oxygens (including phenoxy) is 2. The maximum atomic E-state index is 13.2. The van der Waals surface area contributed by atoms with Crippen molar-refractivity contribution in [1.29, 1.82) is 0 Å². The third-order valence-corrected chi connectivity index (χ3v) is 16.5. The molecule has 9 heteroatoms. The molecule has 1 unspecified atom stereocenters. The SMILES string of the molecule is COC(=O)c1cccc(O[Si](C)(C)C(C)(C)C)c1[AsH]S(=O)(=O)c1ccc(OC)cc1. The first kappa shape index (κ1) is 24.5. The van der Waals surface area contributed by atoms with Gasteiger partial charge < -0.3 is 0 Å². The van der Waals surface area contributed by atoms with Crippen LogP contribution in [0, 0.1) is 0 Å². The quantitative estimate of drug-likeness (QED) is 0.419. The number of carbonyl (C=O) groups excluding carboxylic acids is 1. The summed E-state index contributed by atoms with van der Waals surface area (Å²) < 4.78 is 43.3. The van der Waals surface area contributed by atoms with Gasteiger partial charge in [0.15, 0.2) is 0 Å². The third-order valence-electron chi connectivity index (χ3n) is 5.21. The molecule has 2 aromatic rings. The summed E-state index contributed by atoms with van der Waals surface area (Å²) in [7, 11) is -3.07. The van der Waals surface area contributed by atoms with Crippen LogP contribution < -0.4 is 13.5 Å². The minimum atomic E-state index is -3.62. The number of esters is 1. The van der Waals surface area contributed by atoms with Crippen LogP contribution in [0.3, 0.4) is 0 Å². The molecule has 0 spiro atoms. The van der Waals surface area contributed by atoms with Gasteiger partial charge in [-0.25, -0.2) is 0 Å². The van der Waals surface area contributed by atoms with Crippen molar-refractivity contribution in [2.45, 2.75) is 43.8 Å². The second kappa shape index (κ2) is 9.16. The van der Waals surface area contributed by atoms with E-state index in [0.29, 0.717) is 15.9 Å². The molecule has 1 atom stereocenters. The van der Waals surface area contributed by atoms with Crippen molar-refractivity contribution in [2.75, 3.05) is 14.2 Å². The molecule has 0 saturated carbocycles. The van der Waals surface area contributed by atoms with Gasteiger partial charge in [0.2, 0.25) is 0 Å². The fourth-order valence-electron chi connectivity index (χ4n) is 2.38. The molecule has 0 saturated heterocycles. The summed E-state index contributed by atoms with van der Waals surface area (Å²) in [6.07, 6.45) is 0. The number of benzene rings is 2. The van der Waals surface area contributed by atoms with Gasteiger partial charge in [0.25, 0.3) is 0 Å². The van der Waals surface area contributed by atoms with E-state index in [0.717, 1.165) is 0 Å². The van der Waals surface area contributed by atoms with Crippen LogP contribution in [-0.2, 0) is 12.8 Å². The minimum absolute atomic E-state index is 0.0829. The van der Waals surface area contributed by atoms with E-state index in [2.05, 4.69) is 33.9 Å². The Morgan fingerprint density at radius 1 is 1.00 bits per heavy atom. The average Bonchev–Trinajstić information content (AvgIpc) is 2.67. The van der Waals surface area contributed by atoms with Crippen molar-refractivity contribution in [2.24, 2.45) is 0 Å². The summed E-state index contributed by atoms with van der Waals surface area (Å²) in [4.78, 5) is 12.6. The molecule has 0 N–H and O–H groups in total. The molecule has 164 valence electrons. The van der Waals surface area contributed by atoms with E-state index < -0.39 is 37.0 Å². The van der Waals surface area contributed by atoms with Crippen LogP contribution in [0.4, 0.5) is 0 Å². The number of hydrogen-bond donors (Lipinski definition) is 0. The van der Waals surface area contributed by atoms with Crippen molar-refractivity contribution < 1.29 is 27.1 Å². The molecule has 0 aliphatic carbocycles. The summed E-state index contributed by atoms with van der Waals surface area (Å²) in [5.74, 6) is 0.465. The van der Waals surface area contributed by atoms with Crippen LogP contribution in [0.2, 0.25) is 18.1 Å². The van der Waals surface area contributed by atoms with Gasteiger partial charge in [-0.05, 0) is 0 Å². The second-order valence-electron chi connectivity index (χ2n) is 8.31. The summed E-state index contributed by atoms with van der Waals surface area (Å²) >= 11 is -1.83. The van der Waals surface area contributed by atoms with Gasteiger partial charge in [-0.15, -0.1) is 0 Å². The second-order valence-corrected chi connectivity index (χ2v) is 20.4. The molecule has 2 rings (SSSR count). The first-order valence-corrected chi connectivity index (χ1v) is 17.4. The van der Waals surface area contributed by atoms with Gasteiger partial charge in [-0.1, -0.05) is 0 Å². The first-order valence-electron chi connectivity index (χ1n) is 9.39. The maximum absolute atomic E-state index is 13.2. The van der Waals surface area contributed by atoms with E-state index >= 15 is 0 Å². The molecule has 30 heavy (non-hydrogen) atoms. The monoisotopic (exact) mass is 512 g/mol. The fourth-order valence-corrected chi connectivity index (χ4v) is 10.00. The number of carbonyl (C=O) groups is 1. The number of hydrogen-bond acceptors (Lipinski definition) is 6. The third kappa shape index (κ3) is 5.48. The van der Waals surface area contributed by atoms with E-state index in [1.807, 2.05) is 0 Å². The Kier molecular flexibility index (Phi) is 7.48. The van der Waals surface area contributed by atoms with E-state index in [4.69, 9.17) is 13.9 Å². The Balaban J connectivity index is 2.56. The van der Waals surface area contributed by atoms with Gasteiger partial charge in [0.1, 0.15) is 0 Å². The predicted molar refractivity (Wildman–Crippen MR) is 123 cm³/mol. The summed E-state index contributed by atoms with van der Waals surface area (Å²) in [5, 5.41) is -0.0829. The van der Waals surface area contributed by atoms with Gasteiger partial charge >= 0.3 is 186 Å². The van der Waals surface area contributed by atoms with Gasteiger partial charge in [-0.2, -0.15) is 0 Å². The Morgan fingerprint density at radius 3 is 2.10 bits per heavy atom. The van der Waals surface area contributed by atoms with Crippen LogP contribution in [-0.4, -0.2) is 51.5 Å². The van der Waals surface area contributed by atoms with Crippen molar-refractivity contribution in [3.05, 3.63) is 48.0 Å². The molecule has 0 aliphatic heterocycles. The normalized spacial score (nSPS) is 12.8. The topological polar surface area (TPSA) is 78.9 Å². The Bertz CT molecular complexity index is 1010. The molecular formula is C21H29AsO6SSi. The molecule has 0 aliphatic rings. The standard InChI is InChI=1S/C21H29AsO6SSi/c1-21(2,3)30(6,7)28-18-10-8-9-17(20(23)27-5)19(18)22-29(24,25)16-13-11-15(26-4)12-14-16/h8-14,22H,1-7H3. The Hall–Kier alpha value is -1.76. The van der Waals surface area contributed by atoms with Crippen molar-refractivity contribution >= 4 is 41.3 Å². The number of methoxy groups -OCH3 is 2. The van der Waals surface area contributed by atoms with Crippen LogP contribution in [0.5, 0.6) is 11.5 Å². The first-order chi connectivity index (χ1) is 13.8. The molecule has 2 aromatic carbocycles. The van der Waals surface area contributed by atoms with Crippen LogP contribution in [0.1, 0.15) is 31.1 Å². The van der Waals surface area contributed by atoms with E-state index in [9.17, 15) is 13.2 Å².